The van der Waals surface area contributed by atoms with Crippen LogP contribution in [0.4, 0.5) is 0 Å². The molecule has 120 valence electrons. The largest absolute Gasteiger partial charge is 0.425 e. The van der Waals surface area contributed by atoms with Crippen LogP contribution in [-0.4, -0.2) is 20.4 Å². The minimum Gasteiger partial charge on any atom is -0.425 e. The van der Waals surface area contributed by atoms with E-state index < -0.39 is 0 Å². The molecule has 1 aliphatic carbocycles. The molecule has 1 atom stereocenters. The predicted molar refractivity (Wildman–Crippen MR) is 87.4 cm³/mol. The second-order valence-corrected chi connectivity index (χ2v) is 7.85. The quantitative estimate of drug-likeness (QED) is 0.661. The molecule has 1 aliphatic rings. The van der Waals surface area contributed by atoms with Crippen molar-refractivity contribution < 1.29 is 8.83 Å². The van der Waals surface area contributed by atoms with Gasteiger partial charge in [0.1, 0.15) is 0 Å². The predicted octanol–water partition coefficient (Wildman–Crippen LogP) is 3.91. The van der Waals surface area contributed by atoms with Crippen molar-refractivity contribution in [3.8, 4) is 10.8 Å². The van der Waals surface area contributed by atoms with Gasteiger partial charge in [0.15, 0.2) is 0 Å². The molecule has 0 unspecified atom stereocenters. The third kappa shape index (κ3) is 3.18. The molecule has 8 heteroatoms. The van der Waals surface area contributed by atoms with Crippen molar-refractivity contribution in [2.75, 3.05) is 0 Å². The van der Waals surface area contributed by atoms with E-state index in [2.05, 4.69) is 33.4 Å². The van der Waals surface area contributed by atoms with Gasteiger partial charge in [0, 0.05) is 11.8 Å². The van der Waals surface area contributed by atoms with Crippen LogP contribution in [0.25, 0.3) is 10.8 Å². The van der Waals surface area contributed by atoms with Gasteiger partial charge in [0.25, 0.3) is 11.1 Å². The number of aromatic nitrogens is 4. The van der Waals surface area contributed by atoms with Crippen LogP contribution in [-0.2, 0) is 18.6 Å². The summed E-state index contributed by atoms with van der Waals surface area (Å²) in [4.78, 5) is 2.53. The first-order chi connectivity index (χ1) is 11.2. The second-order valence-electron chi connectivity index (χ2n) is 5.78. The van der Waals surface area contributed by atoms with E-state index in [1.54, 1.807) is 18.3 Å². The highest BCUT2D eigenvalue weighted by atomic mass is 32.2. The summed E-state index contributed by atoms with van der Waals surface area (Å²) in [5, 5.41) is 16.5. The first kappa shape index (κ1) is 14.9. The molecule has 3 aromatic rings. The molecule has 3 heterocycles. The molecule has 0 aromatic carbocycles. The van der Waals surface area contributed by atoms with Crippen molar-refractivity contribution in [2.45, 2.75) is 44.1 Å². The Morgan fingerprint density at radius 2 is 2.17 bits per heavy atom. The molecule has 0 radical (unpaired) electrons. The Labute approximate surface area is 141 Å². The Bertz CT molecular complexity index is 823. The summed E-state index contributed by atoms with van der Waals surface area (Å²) in [6.07, 6.45) is 3.58. The highest BCUT2D eigenvalue weighted by molar-refractivity contribution is 7.98. The summed E-state index contributed by atoms with van der Waals surface area (Å²) >= 11 is 3.18. The lowest BCUT2D eigenvalue weighted by Crippen LogP contribution is -2.07. The molecule has 3 aromatic heterocycles. The number of fused-ring (bicyclic) bond motifs is 1. The van der Waals surface area contributed by atoms with Crippen molar-refractivity contribution in [3.63, 3.8) is 0 Å². The van der Waals surface area contributed by atoms with E-state index in [9.17, 15) is 0 Å². The van der Waals surface area contributed by atoms with Gasteiger partial charge in [-0.3, -0.25) is 0 Å². The van der Waals surface area contributed by atoms with E-state index in [-0.39, 0.29) is 0 Å². The molecule has 0 saturated heterocycles. The molecule has 0 saturated carbocycles. The van der Waals surface area contributed by atoms with Gasteiger partial charge in [-0.15, -0.1) is 31.7 Å². The van der Waals surface area contributed by atoms with E-state index in [0.717, 1.165) is 23.6 Å². The van der Waals surface area contributed by atoms with E-state index in [1.807, 2.05) is 0 Å². The number of thiophene rings is 1. The lowest BCUT2D eigenvalue weighted by atomic mass is 9.90. The van der Waals surface area contributed by atoms with E-state index in [4.69, 9.17) is 8.83 Å². The van der Waals surface area contributed by atoms with Crippen LogP contribution < -0.4 is 0 Å². The molecular weight excluding hydrogens is 332 g/mol. The Balaban J connectivity index is 1.47. The van der Waals surface area contributed by atoms with E-state index in [0.29, 0.717) is 28.6 Å². The molecule has 0 N–H and O–H groups in total. The van der Waals surface area contributed by atoms with Gasteiger partial charge in [-0.2, -0.15) is 0 Å². The molecular formula is C15H16N4O2S2. The lowest BCUT2D eigenvalue weighted by Gasteiger charge is -2.16. The topological polar surface area (TPSA) is 77.8 Å². The smallest absolute Gasteiger partial charge is 0.277 e. The van der Waals surface area contributed by atoms with Gasteiger partial charge in [0.05, 0.1) is 10.6 Å². The minimum atomic E-state index is 0.524. The van der Waals surface area contributed by atoms with Gasteiger partial charge in [0.2, 0.25) is 11.8 Å². The van der Waals surface area contributed by atoms with Crippen molar-refractivity contribution in [1.82, 2.24) is 20.4 Å². The highest BCUT2D eigenvalue weighted by Crippen LogP contribution is 2.37. The average Bonchev–Trinajstić information content (AvgIpc) is 3.23. The Morgan fingerprint density at radius 3 is 3.00 bits per heavy atom. The van der Waals surface area contributed by atoms with Gasteiger partial charge in [-0.25, -0.2) is 0 Å². The maximum Gasteiger partial charge on any atom is 0.277 e. The summed E-state index contributed by atoms with van der Waals surface area (Å²) < 4.78 is 11.1. The fraction of sp³-hybridized carbons (Fsp3) is 0.467. The first-order valence-corrected chi connectivity index (χ1v) is 9.35. The van der Waals surface area contributed by atoms with Gasteiger partial charge in [-0.05, 0) is 36.8 Å². The van der Waals surface area contributed by atoms with Crippen molar-refractivity contribution >= 4 is 23.1 Å². The number of nitrogens with zero attached hydrogens (tertiary/aromatic N) is 4. The third-order valence-corrected chi connectivity index (χ3v) is 5.86. The van der Waals surface area contributed by atoms with Crippen LogP contribution in [0.15, 0.2) is 20.1 Å². The Hall–Kier alpha value is -1.67. The van der Waals surface area contributed by atoms with Crippen LogP contribution in [0.3, 0.4) is 0 Å². The van der Waals surface area contributed by atoms with E-state index in [1.165, 1.54) is 28.6 Å². The number of hydrogen-bond donors (Lipinski definition) is 0. The van der Waals surface area contributed by atoms with Gasteiger partial charge in [-0.1, -0.05) is 18.7 Å². The Kier molecular flexibility index (Phi) is 3.94. The molecule has 0 amide bonds. The molecule has 0 aliphatic heterocycles. The number of hydrogen-bond acceptors (Lipinski definition) is 8. The normalized spacial score (nSPS) is 17.4. The molecule has 6 nitrogen and oxygen atoms in total. The Morgan fingerprint density at radius 1 is 1.26 bits per heavy atom. The fourth-order valence-corrected chi connectivity index (χ4v) is 4.43. The van der Waals surface area contributed by atoms with Crippen LogP contribution >= 0.6 is 23.1 Å². The zero-order valence-electron chi connectivity index (χ0n) is 12.9. The molecule has 0 fully saturated rings. The van der Waals surface area contributed by atoms with Crippen LogP contribution in [0, 0.1) is 12.8 Å². The second kappa shape index (κ2) is 6.09. The van der Waals surface area contributed by atoms with Gasteiger partial charge < -0.3 is 8.83 Å². The maximum atomic E-state index is 5.76. The summed E-state index contributed by atoms with van der Waals surface area (Å²) in [6, 6.07) is 2.21. The average molecular weight is 348 g/mol. The zero-order valence-corrected chi connectivity index (χ0v) is 14.5. The fourth-order valence-electron chi connectivity index (χ4n) is 2.70. The summed E-state index contributed by atoms with van der Waals surface area (Å²) in [7, 11) is 0. The standard InChI is InChI=1S/C15H16N4O2S2/c1-8-3-4-11-10(5-8)6-12(23-11)14-18-19-15(21-14)22-7-13-17-16-9(2)20-13/h6,8H,3-5,7H2,1-2H3/t8-/m0/s1. The highest BCUT2D eigenvalue weighted by Gasteiger charge is 2.21. The van der Waals surface area contributed by atoms with Crippen LogP contribution in [0.2, 0.25) is 0 Å². The van der Waals surface area contributed by atoms with Gasteiger partial charge >= 0.3 is 0 Å². The monoisotopic (exact) mass is 348 g/mol. The maximum absolute atomic E-state index is 5.76. The number of rotatable bonds is 4. The van der Waals surface area contributed by atoms with Crippen LogP contribution in [0.5, 0.6) is 0 Å². The number of thioether (sulfide) groups is 1. The lowest BCUT2D eigenvalue weighted by molar-refractivity contribution is 0.462. The molecule has 23 heavy (non-hydrogen) atoms. The third-order valence-electron chi connectivity index (χ3n) is 3.83. The molecule has 0 spiro atoms. The minimum absolute atomic E-state index is 0.524. The zero-order chi connectivity index (χ0) is 15.8. The van der Waals surface area contributed by atoms with Crippen molar-refractivity contribution in [1.29, 1.82) is 0 Å². The van der Waals surface area contributed by atoms with E-state index >= 15 is 0 Å². The number of aryl methyl sites for hydroxylation is 2. The SMILES string of the molecule is Cc1nnc(CSc2nnc(-c3cc4c(s3)CC[C@H](C)C4)o2)o1. The summed E-state index contributed by atoms with van der Waals surface area (Å²) in [6.45, 7) is 4.08. The van der Waals surface area contributed by atoms with Crippen molar-refractivity contribution in [3.05, 3.63) is 28.3 Å². The summed E-state index contributed by atoms with van der Waals surface area (Å²) in [5.74, 6) is 3.01. The van der Waals surface area contributed by atoms with Crippen molar-refractivity contribution in [2.24, 2.45) is 5.92 Å². The summed E-state index contributed by atoms with van der Waals surface area (Å²) in [5.41, 5.74) is 1.44. The molecule has 4 rings (SSSR count). The molecule has 0 bridgehead atoms. The van der Waals surface area contributed by atoms with Crippen LogP contribution in [0.1, 0.15) is 35.6 Å². The first-order valence-electron chi connectivity index (χ1n) is 7.54.